The van der Waals surface area contributed by atoms with Crippen LogP contribution in [-0.4, -0.2) is 51.5 Å². The fraction of sp³-hybridized carbons (Fsp3) is 0.222. The predicted octanol–water partition coefficient (Wildman–Crippen LogP) is 6.56. The number of fused-ring (bicyclic) bond motifs is 2. The summed E-state index contributed by atoms with van der Waals surface area (Å²) in [5.74, 6) is 2.26. The molecule has 0 bridgehead atoms. The molecule has 3 heterocycles. The van der Waals surface area contributed by atoms with E-state index in [-0.39, 0.29) is 23.3 Å². The third-order valence-corrected chi connectivity index (χ3v) is 9.56. The maximum absolute atomic E-state index is 12.5. The number of carbonyl (C=O) groups excluding carboxylic acids is 2. The van der Waals surface area contributed by atoms with Crippen LogP contribution in [-0.2, 0) is 9.59 Å². The van der Waals surface area contributed by atoms with Crippen LogP contribution in [0, 0.1) is 0 Å². The highest BCUT2D eigenvalue weighted by atomic mass is 32.2. The summed E-state index contributed by atoms with van der Waals surface area (Å²) >= 11 is 5.76. The van der Waals surface area contributed by atoms with E-state index in [2.05, 4.69) is 25.6 Å². The van der Waals surface area contributed by atoms with Crippen molar-refractivity contribution in [3.05, 3.63) is 54.6 Å². The Morgan fingerprint density at radius 2 is 1.20 bits per heavy atom. The average Bonchev–Trinajstić information content (AvgIpc) is 3.54. The van der Waals surface area contributed by atoms with E-state index in [1.54, 1.807) is 18.2 Å². The van der Waals surface area contributed by atoms with Crippen LogP contribution < -0.4 is 20.1 Å². The summed E-state index contributed by atoms with van der Waals surface area (Å²) in [6, 6.07) is 16.6. The van der Waals surface area contributed by atoms with Crippen LogP contribution in [0.25, 0.3) is 20.4 Å². The molecule has 0 spiro atoms. The number of hydrogen-bond donors (Lipinski definition) is 2. The van der Waals surface area contributed by atoms with Gasteiger partial charge in [0.05, 0.1) is 45.2 Å². The first-order chi connectivity index (χ1) is 19.5. The fourth-order valence-electron chi connectivity index (χ4n) is 3.59. The maximum Gasteiger partial charge on any atom is 0.235 e. The Kier molecular flexibility index (Phi) is 9.37. The number of aromatic nitrogens is 3. The number of ether oxygens (including phenoxy) is 2. The van der Waals surface area contributed by atoms with Gasteiger partial charge in [0, 0.05) is 0 Å². The number of hydrogen-bond acceptors (Lipinski definition) is 11. The highest BCUT2D eigenvalue weighted by molar-refractivity contribution is 8.02. The standard InChI is InChI=1S/C27H25N5O4S4/c1-3-35-16-8-10-18-20(12-16)39-26(28-18)37-14-24(33)31-22-6-5-7-23(30-22)32-25(34)15-38-27-29-19-11-9-17(36-4-2)13-21(19)40-27/h5-13H,3-4,14-15H2,1-2H3,(H2,30,31,32,33,34). The molecule has 0 aliphatic rings. The summed E-state index contributed by atoms with van der Waals surface area (Å²) in [6.07, 6.45) is 0. The Bertz CT molecular complexity index is 1540. The van der Waals surface area contributed by atoms with Gasteiger partial charge in [-0.2, -0.15) is 0 Å². The number of carbonyl (C=O) groups is 2. The molecule has 40 heavy (non-hydrogen) atoms. The molecule has 3 aromatic heterocycles. The summed E-state index contributed by atoms with van der Waals surface area (Å²) in [5.41, 5.74) is 1.75. The Hall–Kier alpha value is -3.39. The molecule has 0 saturated carbocycles. The van der Waals surface area contributed by atoms with Gasteiger partial charge in [-0.1, -0.05) is 29.6 Å². The van der Waals surface area contributed by atoms with Crippen LogP contribution in [0.15, 0.2) is 63.3 Å². The van der Waals surface area contributed by atoms with E-state index < -0.39 is 0 Å². The van der Waals surface area contributed by atoms with Crippen molar-refractivity contribution in [2.45, 2.75) is 22.5 Å². The monoisotopic (exact) mass is 611 g/mol. The van der Waals surface area contributed by atoms with Gasteiger partial charge in [0.1, 0.15) is 23.1 Å². The number of nitrogens with one attached hydrogen (secondary N) is 2. The summed E-state index contributed by atoms with van der Waals surface area (Å²) in [6.45, 7) is 5.09. The van der Waals surface area contributed by atoms with Gasteiger partial charge in [-0.05, 0) is 62.4 Å². The summed E-state index contributed by atoms with van der Waals surface area (Å²) < 4.78 is 14.7. The second kappa shape index (κ2) is 13.3. The van der Waals surface area contributed by atoms with E-state index in [1.807, 2.05) is 50.2 Å². The molecule has 5 rings (SSSR count). The zero-order valence-corrected chi connectivity index (χ0v) is 24.9. The van der Waals surface area contributed by atoms with Crippen molar-refractivity contribution < 1.29 is 19.1 Å². The lowest BCUT2D eigenvalue weighted by Crippen LogP contribution is -2.17. The van der Waals surface area contributed by atoms with Crippen molar-refractivity contribution in [2.75, 3.05) is 35.4 Å². The van der Waals surface area contributed by atoms with Gasteiger partial charge in [-0.25, -0.2) is 15.0 Å². The predicted molar refractivity (Wildman–Crippen MR) is 165 cm³/mol. The van der Waals surface area contributed by atoms with Crippen molar-refractivity contribution in [3.8, 4) is 11.5 Å². The van der Waals surface area contributed by atoms with Crippen molar-refractivity contribution >= 4 is 90.1 Å². The second-order valence-electron chi connectivity index (χ2n) is 8.17. The number of nitrogens with zero attached hydrogens (tertiary/aromatic N) is 3. The summed E-state index contributed by atoms with van der Waals surface area (Å²) in [7, 11) is 0. The molecule has 0 saturated heterocycles. The van der Waals surface area contributed by atoms with Crippen LogP contribution in [0.5, 0.6) is 11.5 Å². The largest absolute Gasteiger partial charge is 0.494 e. The average molecular weight is 612 g/mol. The van der Waals surface area contributed by atoms with Crippen molar-refractivity contribution in [2.24, 2.45) is 0 Å². The maximum atomic E-state index is 12.5. The molecule has 2 aromatic carbocycles. The number of anilines is 2. The molecule has 0 unspecified atom stereocenters. The Morgan fingerprint density at radius 1 is 0.725 bits per heavy atom. The summed E-state index contributed by atoms with van der Waals surface area (Å²) in [4.78, 5) is 38.6. The molecule has 0 fully saturated rings. The van der Waals surface area contributed by atoms with Gasteiger partial charge in [0.2, 0.25) is 11.8 Å². The SMILES string of the molecule is CCOc1ccc2nc(SCC(=O)Nc3cccc(NC(=O)CSc4nc5ccc(OCC)cc5s4)n3)sc2c1. The lowest BCUT2D eigenvalue weighted by atomic mass is 10.3. The van der Waals surface area contributed by atoms with E-state index >= 15 is 0 Å². The molecule has 13 heteroatoms. The number of rotatable bonds is 12. The molecule has 0 aliphatic heterocycles. The lowest BCUT2D eigenvalue weighted by Gasteiger charge is -2.07. The molecule has 2 N–H and O–H groups in total. The Morgan fingerprint density at radius 3 is 1.65 bits per heavy atom. The third kappa shape index (κ3) is 7.42. The second-order valence-corrected chi connectivity index (χ2v) is 12.7. The summed E-state index contributed by atoms with van der Waals surface area (Å²) in [5, 5.41) is 5.57. The van der Waals surface area contributed by atoms with Gasteiger partial charge in [-0.15, -0.1) is 22.7 Å². The molecular formula is C27H25N5O4S4. The van der Waals surface area contributed by atoms with E-state index in [4.69, 9.17) is 9.47 Å². The van der Waals surface area contributed by atoms with Crippen molar-refractivity contribution in [1.82, 2.24) is 15.0 Å². The number of thiazole rings is 2. The normalized spacial score (nSPS) is 11.1. The molecule has 0 aliphatic carbocycles. The van der Waals surface area contributed by atoms with E-state index in [0.29, 0.717) is 24.8 Å². The minimum absolute atomic E-state index is 0.182. The molecule has 206 valence electrons. The first-order valence-corrected chi connectivity index (χ1v) is 16.0. The van der Waals surface area contributed by atoms with Crippen LogP contribution >= 0.6 is 46.2 Å². The van der Waals surface area contributed by atoms with Gasteiger partial charge in [0.15, 0.2) is 8.68 Å². The Labute approximate surface area is 247 Å². The molecule has 5 aromatic rings. The smallest absolute Gasteiger partial charge is 0.235 e. The molecular weight excluding hydrogens is 587 g/mol. The third-order valence-electron chi connectivity index (χ3n) is 5.24. The molecule has 9 nitrogen and oxygen atoms in total. The van der Waals surface area contributed by atoms with Crippen LogP contribution in [0.4, 0.5) is 11.6 Å². The van der Waals surface area contributed by atoms with Gasteiger partial charge in [-0.3, -0.25) is 9.59 Å². The topological polar surface area (TPSA) is 115 Å². The van der Waals surface area contributed by atoms with Crippen molar-refractivity contribution in [1.29, 1.82) is 0 Å². The number of benzene rings is 2. The van der Waals surface area contributed by atoms with E-state index in [1.165, 1.54) is 46.2 Å². The van der Waals surface area contributed by atoms with E-state index in [9.17, 15) is 9.59 Å². The Balaban J connectivity index is 1.11. The number of amides is 2. The van der Waals surface area contributed by atoms with Crippen LogP contribution in [0.3, 0.4) is 0 Å². The highest BCUT2D eigenvalue weighted by Gasteiger charge is 2.12. The first-order valence-electron chi connectivity index (χ1n) is 12.4. The molecule has 0 radical (unpaired) electrons. The van der Waals surface area contributed by atoms with Gasteiger partial charge < -0.3 is 20.1 Å². The van der Waals surface area contributed by atoms with Crippen LogP contribution in [0.1, 0.15) is 13.8 Å². The van der Waals surface area contributed by atoms with E-state index in [0.717, 1.165) is 40.6 Å². The van der Waals surface area contributed by atoms with Crippen molar-refractivity contribution in [3.63, 3.8) is 0 Å². The number of pyridine rings is 1. The van der Waals surface area contributed by atoms with Crippen LogP contribution in [0.2, 0.25) is 0 Å². The zero-order chi connectivity index (χ0) is 27.9. The fourth-order valence-corrected chi connectivity index (χ4v) is 7.38. The quantitative estimate of drug-likeness (QED) is 0.151. The minimum atomic E-state index is -0.214. The molecule has 2 amide bonds. The van der Waals surface area contributed by atoms with Gasteiger partial charge >= 0.3 is 0 Å². The van der Waals surface area contributed by atoms with Gasteiger partial charge in [0.25, 0.3) is 0 Å². The first kappa shape index (κ1) is 28.1. The minimum Gasteiger partial charge on any atom is -0.494 e. The lowest BCUT2D eigenvalue weighted by molar-refractivity contribution is -0.114. The highest BCUT2D eigenvalue weighted by Crippen LogP contribution is 2.33. The zero-order valence-electron chi connectivity index (χ0n) is 21.6. The molecule has 0 atom stereocenters. The number of thioether (sulfide) groups is 2.